The molecule has 7 heteroatoms. The van der Waals surface area contributed by atoms with E-state index < -0.39 is 5.97 Å². The molecule has 1 N–H and O–H groups in total. The molecular weight excluding hydrogens is 324 g/mol. The number of benzene rings is 1. The van der Waals surface area contributed by atoms with E-state index in [2.05, 4.69) is 20.8 Å². The SMILES string of the molecule is COC(=O)c1ccc2c(=O)[nH]c(COC(=O)C[C@@H]3C=CCC3)nc2c1. The van der Waals surface area contributed by atoms with E-state index in [1.54, 1.807) is 0 Å². The maximum Gasteiger partial charge on any atom is 0.337 e. The van der Waals surface area contributed by atoms with Gasteiger partial charge in [0.2, 0.25) is 0 Å². The highest BCUT2D eigenvalue weighted by Crippen LogP contribution is 2.20. The summed E-state index contributed by atoms with van der Waals surface area (Å²) in [5.41, 5.74) is 0.284. The quantitative estimate of drug-likeness (QED) is 0.660. The van der Waals surface area contributed by atoms with Crippen LogP contribution >= 0.6 is 0 Å². The Hall–Kier alpha value is -2.96. The predicted octanol–water partition coefficient (Wildman–Crippen LogP) is 2.11. The molecule has 0 aliphatic heterocycles. The third-order valence-electron chi connectivity index (χ3n) is 4.09. The summed E-state index contributed by atoms with van der Waals surface area (Å²) in [4.78, 5) is 42.4. The van der Waals surface area contributed by atoms with Gasteiger partial charge in [0, 0.05) is 0 Å². The van der Waals surface area contributed by atoms with Crippen LogP contribution in [-0.4, -0.2) is 29.0 Å². The zero-order valence-corrected chi connectivity index (χ0v) is 13.8. The first kappa shape index (κ1) is 16.9. The monoisotopic (exact) mass is 342 g/mol. The molecular formula is C18H18N2O5. The second kappa shape index (κ2) is 7.29. The molecule has 0 radical (unpaired) electrons. The number of hydrogen-bond donors (Lipinski definition) is 1. The molecule has 25 heavy (non-hydrogen) atoms. The van der Waals surface area contributed by atoms with Crippen LogP contribution in [0.4, 0.5) is 0 Å². The minimum absolute atomic E-state index is 0.122. The summed E-state index contributed by atoms with van der Waals surface area (Å²) in [7, 11) is 1.28. The van der Waals surface area contributed by atoms with E-state index in [4.69, 9.17) is 4.74 Å². The molecule has 0 saturated carbocycles. The van der Waals surface area contributed by atoms with E-state index in [1.807, 2.05) is 6.08 Å². The lowest BCUT2D eigenvalue weighted by atomic mass is 10.1. The van der Waals surface area contributed by atoms with E-state index in [9.17, 15) is 14.4 Å². The number of nitrogens with zero attached hydrogens (tertiary/aromatic N) is 1. The van der Waals surface area contributed by atoms with Crippen LogP contribution in [0.3, 0.4) is 0 Å². The molecule has 1 aliphatic rings. The predicted molar refractivity (Wildman–Crippen MR) is 90.0 cm³/mol. The Labute approximate surface area is 143 Å². The highest BCUT2D eigenvalue weighted by atomic mass is 16.5. The molecule has 1 heterocycles. The Morgan fingerprint density at radius 3 is 2.92 bits per heavy atom. The molecule has 2 aromatic rings. The van der Waals surface area contributed by atoms with Gasteiger partial charge in [-0.3, -0.25) is 9.59 Å². The van der Waals surface area contributed by atoms with Crippen LogP contribution in [0.25, 0.3) is 10.9 Å². The molecule has 3 rings (SSSR count). The smallest absolute Gasteiger partial charge is 0.337 e. The minimum atomic E-state index is -0.512. The summed E-state index contributed by atoms with van der Waals surface area (Å²) in [5.74, 6) is -0.391. The van der Waals surface area contributed by atoms with Crippen molar-refractivity contribution in [2.24, 2.45) is 5.92 Å². The number of hydrogen-bond acceptors (Lipinski definition) is 6. The summed E-state index contributed by atoms with van der Waals surface area (Å²) < 4.78 is 9.86. The largest absolute Gasteiger partial charge is 0.465 e. The van der Waals surface area contributed by atoms with Crippen LogP contribution in [0.2, 0.25) is 0 Å². The number of H-pyrrole nitrogens is 1. The number of allylic oxidation sites excluding steroid dienone is 2. The Balaban J connectivity index is 1.74. The average Bonchev–Trinajstić information content (AvgIpc) is 3.11. The zero-order valence-electron chi connectivity index (χ0n) is 13.8. The summed E-state index contributed by atoms with van der Waals surface area (Å²) in [5, 5.41) is 0.346. The Morgan fingerprint density at radius 1 is 1.36 bits per heavy atom. The fourth-order valence-electron chi connectivity index (χ4n) is 2.79. The minimum Gasteiger partial charge on any atom is -0.465 e. The van der Waals surface area contributed by atoms with Gasteiger partial charge in [-0.15, -0.1) is 0 Å². The zero-order chi connectivity index (χ0) is 17.8. The van der Waals surface area contributed by atoms with Crippen molar-refractivity contribution in [3.8, 4) is 0 Å². The van der Waals surface area contributed by atoms with Crippen LogP contribution in [0.15, 0.2) is 35.1 Å². The van der Waals surface area contributed by atoms with Crippen molar-refractivity contribution in [3.63, 3.8) is 0 Å². The second-order valence-corrected chi connectivity index (χ2v) is 5.87. The van der Waals surface area contributed by atoms with Crippen molar-refractivity contribution in [2.75, 3.05) is 7.11 Å². The molecule has 1 atom stereocenters. The van der Waals surface area contributed by atoms with Crippen LogP contribution in [0.5, 0.6) is 0 Å². The Bertz CT molecular complexity index is 900. The van der Waals surface area contributed by atoms with Gasteiger partial charge in [-0.05, 0) is 37.0 Å². The second-order valence-electron chi connectivity index (χ2n) is 5.87. The van der Waals surface area contributed by atoms with Gasteiger partial charge in [0.25, 0.3) is 5.56 Å². The number of nitrogens with one attached hydrogen (secondary N) is 1. The number of ether oxygens (including phenoxy) is 2. The van der Waals surface area contributed by atoms with Gasteiger partial charge in [-0.25, -0.2) is 9.78 Å². The topological polar surface area (TPSA) is 98.4 Å². The van der Waals surface area contributed by atoms with Gasteiger partial charge in [0.15, 0.2) is 0 Å². The van der Waals surface area contributed by atoms with Gasteiger partial charge < -0.3 is 14.5 Å². The number of methoxy groups -OCH3 is 1. The first-order valence-electron chi connectivity index (χ1n) is 8.00. The van der Waals surface area contributed by atoms with Crippen LogP contribution in [-0.2, 0) is 20.9 Å². The Kier molecular flexibility index (Phi) is 4.92. The van der Waals surface area contributed by atoms with Crippen LogP contribution in [0, 0.1) is 5.92 Å². The molecule has 0 saturated heterocycles. The van der Waals surface area contributed by atoms with Crippen molar-refractivity contribution in [1.82, 2.24) is 9.97 Å². The summed E-state index contributed by atoms with van der Waals surface area (Å²) in [6.45, 7) is -0.122. The number of aromatic nitrogens is 2. The van der Waals surface area contributed by atoms with Gasteiger partial charge >= 0.3 is 11.9 Å². The molecule has 1 aromatic heterocycles. The fraction of sp³-hybridized carbons (Fsp3) is 0.333. The maximum absolute atomic E-state index is 12.1. The van der Waals surface area contributed by atoms with Crippen LogP contribution < -0.4 is 5.56 Å². The first-order chi connectivity index (χ1) is 12.1. The Morgan fingerprint density at radius 2 is 2.20 bits per heavy atom. The first-order valence-corrected chi connectivity index (χ1v) is 8.00. The maximum atomic E-state index is 12.1. The lowest BCUT2D eigenvalue weighted by Gasteiger charge is -2.08. The van der Waals surface area contributed by atoms with Gasteiger partial charge in [-0.2, -0.15) is 0 Å². The fourth-order valence-corrected chi connectivity index (χ4v) is 2.79. The molecule has 0 spiro atoms. The third-order valence-corrected chi connectivity index (χ3v) is 4.09. The average molecular weight is 342 g/mol. The van der Waals surface area contributed by atoms with Crippen molar-refractivity contribution in [3.05, 3.63) is 52.1 Å². The highest BCUT2D eigenvalue weighted by molar-refractivity contribution is 5.93. The summed E-state index contributed by atoms with van der Waals surface area (Å²) in [6.07, 6.45) is 6.34. The molecule has 1 aliphatic carbocycles. The lowest BCUT2D eigenvalue weighted by Crippen LogP contribution is -2.16. The number of rotatable bonds is 5. The number of esters is 2. The lowest BCUT2D eigenvalue weighted by molar-refractivity contribution is -0.145. The van der Waals surface area contributed by atoms with Crippen molar-refractivity contribution >= 4 is 22.8 Å². The molecule has 7 nitrogen and oxygen atoms in total. The molecule has 1 aromatic carbocycles. The standard InChI is InChI=1S/C18H18N2O5/c1-24-18(23)12-6-7-13-14(9-12)19-15(20-17(13)22)10-25-16(21)8-11-4-2-3-5-11/h2,4,6-7,9,11H,3,5,8,10H2,1H3,(H,19,20,22)/t11-/m1/s1. The van der Waals surface area contributed by atoms with Gasteiger partial charge in [0.1, 0.15) is 12.4 Å². The third kappa shape index (κ3) is 3.93. The molecule has 130 valence electrons. The van der Waals surface area contributed by atoms with Crippen molar-refractivity contribution in [2.45, 2.75) is 25.9 Å². The van der Waals surface area contributed by atoms with Crippen LogP contribution in [0.1, 0.15) is 35.4 Å². The normalized spacial score (nSPS) is 16.1. The van der Waals surface area contributed by atoms with Crippen molar-refractivity contribution < 1.29 is 19.1 Å². The molecule has 0 bridgehead atoms. The molecule has 0 unspecified atom stereocenters. The number of fused-ring (bicyclic) bond motifs is 1. The van der Waals surface area contributed by atoms with E-state index in [-0.39, 0.29) is 29.9 Å². The van der Waals surface area contributed by atoms with Gasteiger partial charge in [-0.1, -0.05) is 12.2 Å². The van der Waals surface area contributed by atoms with E-state index >= 15 is 0 Å². The summed E-state index contributed by atoms with van der Waals surface area (Å²) in [6, 6.07) is 4.49. The highest BCUT2D eigenvalue weighted by Gasteiger charge is 2.16. The van der Waals surface area contributed by atoms with Crippen molar-refractivity contribution in [1.29, 1.82) is 0 Å². The molecule has 0 fully saturated rings. The van der Waals surface area contributed by atoms with E-state index in [0.29, 0.717) is 22.9 Å². The summed E-state index contributed by atoms with van der Waals surface area (Å²) >= 11 is 0. The molecule has 0 amide bonds. The number of carbonyl (C=O) groups is 2. The van der Waals surface area contributed by atoms with E-state index in [1.165, 1.54) is 25.3 Å². The number of carbonyl (C=O) groups excluding carboxylic acids is 2. The van der Waals surface area contributed by atoms with Gasteiger partial charge in [0.05, 0.1) is 30.0 Å². The van der Waals surface area contributed by atoms with E-state index in [0.717, 1.165) is 12.8 Å². The number of aromatic amines is 1.